The summed E-state index contributed by atoms with van der Waals surface area (Å²) in [6.07, 6.45) is 5.91. The molecule has 3 heteroatoms. The molecule has 2 rings (SSSR count). The summed E-state index contributed by atoms with van der Waals surface area (Å²) in [7, 11) is 0. The molecule has 3 nitrogen and oxygen atoms in total. The van der Waals surface area contributed by atoms with Gasteiger partial charge >= 0.3 is 0 Å². The molecule has 2 aromatic rings. The first-order chi connectivity index (χ1) is 6.77. The summed E-state index contributed by atoms with van der Waals surface area (Å²) in [5.41, 5.74) is 8.19. The van der Waals surface area contributed by atoms with Crippen LogP contribution >= 0.6 is 0 Å². The first-order valence-electron chi connectivity index (χ1n) is 4.94. The molecule has 14 heavy (non-hydrogen) atoms. The van der Waals surface area contributed by atoms with E-state index in [-0.39, 0.29) is 6.04 Å². The summed E-state index contributed by atoms with van der Waals surface area (Å²) in [6, 6.07) is 6.36. The van der Waals surface area contributed by atoms with Crippen LogP contribution in [0.15, 0.2) is 30.6 Å². The quantitative estimate of drug-likeness (QED) is 0.797. The van der Waals surface area contributed by atoms with E-state index in [2.05, 4.69) is 11.2 Å². The Morgan fingerprint density at radius 3 is 3.14 bits per heavy atom. The van der Waals surface area contributed by atoms with E-state index in [4.69, 9.17) is 5.73 Å². The van der Waals surface area contributed by atoms with Gasteiger partial charge in [-0.25, -0.2) is 4.52 Å². The van der Waals surface area contributed by atoms with Gasteiger partial charge in [0.15, 0.2) is 0 Å². The van der Waals surface area contributed by atoms with Crippen LogP contribution in [0.3, 0.4) is 0 Å². The predicted molar refractivity (Wildman–Crippen MR) is 57.2 cm³/mol. The van der Waals surface area contributed by atoms with Gasteiger partial charge in [-0.3, -0.25) is 0 Å². The predicted octanol–water partition coefficient (Wildman–Crippen LogP) is 1.61. The van der Waals surface area contributed by atoms with Crippen molar-refractivity contribution in [2.24, 2.45) is 5.73 Å². The highest BCUT2D eigenvalue weighted by atomic mass is 15.2. The lowest BCUT2D eigenvalue weighted by Gasteiger charge is -2.02. The number of hydrogen-bond donors (Lipinski definition) is 1. The second-order valence-electron chi connectivity index (χ2n) is 3.72. The van der Waals surface area contributed by atoms with Crippen molar-refractivity contribution in [2.45, 2.75) is 25.8 Å². The molecule has 2 N–H and O–H groups in total. The number of nitrogens with two attached hydrogens (primary N) is 1. The second-order valence-corrected chi connectivity index (χ2v) is 3.72. The lowest BCUT2D eigenvalue weighted by molar-refractivity contribution is 0.668. The number of fused-ring (bicyclic) bond motifs is 1. The first-order valence-corrected chi connectivity index (χ1v) is 4.94. The highest BCUT2D eigenvalue weighted by molar-refractivity contribution is 5.53. The number of pyridine rings is 1. The molecular weight excluding hydrogens is 174 g/mol. The van der Waals surface area contributed by atoms with Crippen molar-refractivity contribution in [1.29, 1.82) is 0 Å². The fourth-order valence-electron chi connectivity index (χ4n) is 1.56. The van der Waals surface area contributed by atoms with E-state index in [1.807, 2.05) is 36.0 Å². The molecule has 0 aliphatic carbocycles. The van der Waals surface area contributed by atoms with E-state index in [0.29, 0.717) is 0 Å². The summed E-state index contributed by atoms with van der Waals surface area (Å²) in [6.45, 7) is 2.03. The van der Waals surface area contributed by atoms with Crippen LogP contribution in [-0.4, -0.2) is 15.7 Å². The van der Waals surface area contributed by atoms with E-state index >= 15 is 0 Å². The topological polar surface area (TPSA) is 43.3 Å². The molecule has 0 aliphatic rings. The van der Waals surface area contributed by atoms with E-state index < -0.39 is 0 Å². The molecule has 74 valence electrons. The largest absolute Gasteiger partial charge is 0.328 e. The Labute approximate surface area is 83.5 Å². The lowest BCUT2D eigenvalue weighted by Crippen LogP contribution is -2.15. The lowest BCUT2D eigenvalue weighted by atomic mass is 10.1. The molecule has 0 aliphatic heterocycles. The summed E-state index contributed by atoms with van der Waals surface area (Å²) >= 11 is 0. The van der Waals surface area contributed by atoms with Gasteiger partial charge in [0.25, 0.3) is 0 Å². The van der Waals surface area contributed by atoms with Crippen molar-refractivity contribution >= 4 is 5.52 Å². The molecule has 2 aromatic heterocycles. The van der Waals surface area contributed by atoms with Crippen LogP contribution in [0.4, 0.5) is 0 Å². The van der Waals surface area contributed by atoms with Gasteiger partial charge in [-0.2, -0.15) is 5.10 Å². The minimum atomic E-state index is 0.258. The zero-order valence-corrected chi connectivity index (χ0v) is 8.35. The minimum absolute atomic E-state index is 0.258. The molecule has 0 amide bonds. The average molecular weight is 189 g/mol. The van der Waals surface area contributed by atoms with Gasteiger partial charge in [0, 0.05) is 12.2 Å². The SMILES string of the molecule is CC(N)CCc1cnn2ccccc12. The number of hydrogen-bond acceptors (Lipinski definition) is 2. The Balaban J connectivity index is 2.25. The molecule has 1 atom stereocenters. The fourth-order valence-corrected chi connectivity index (χ4v) is 1.56. The van der Waals surface area contributed by atoms with E-state index in [1.165, 1.54) is 11.1 Å². The van der Waals surface area contributed by atoms with Crippen molar-refractivity contribution in [3.63, 3.8) is 0 Å². The van der Waals surface area contributed by atoms with Gasteiger partial charge in [-0.1, -0.05) is 6.07 Å². The Hall–Kier alpha value is -1.35. The normalized spacial score (nSPS) is 13.3. The zero-order chi connectivity index (χ0) is 9.97. The maximum atomic E-state index is 5.73. The molecule has 0 radical (unpaired) electrons. The number of aryl methyl sites for hydroxylation is 1. The van der Waals surface area contributed by atoms with Crippen molar-refractivity contribution < 1.29 is 0 Å². The van der Waals surface area contributed by atoms with E-state index in [1.54, 1.807) is 0 Å². The molecule has 0 fully saturated rings. The summed E-state index contributed by atoms with van der Waals surface area (Å²) in [4.78, 5) is 0. The van der Waals surface area contributed by atoms with Gasteiger partial charge in [0.1, 0.15) is 0 Å². The fraction of sp³-hybridized carbons (Fsp3) is 0.364. The van der Waals surface area contributed by atoms with Crippen LogP contribution in [0.25, 0.3) is 5.52 Å². The second kappa shape index (κ2) is 3.80. The van der Waals surface area contributed by atoms with Crippen LogP contribution in [0.2, 0.25) is 0 Å². The molecule has 0 aromatic carbocycles. The smallest absolute Gasteiger partial charge is 0.0693 e. The molecule has 1 unspecified atom stereocenters. The number of aromatic nitrogens is 2. The van der Waals surface area contributed by atoms with Crippen LogP contribution < -0.4 is 5.73 Å². The summed E-state index contributed by atoms with van der Waals surface area (Å²) in [5, 5.41) is 4.27. The van der Waals surface area contributed by atoms with Crippen molar-refractivity contribution in [3.05, 3.63) is 36.2 Å². The van der Waals surface area contributed by atoms with E-state index in [0.717, 1.165) is 12.8 Å². The van der Waals surface area contributed by atoms with Crippen LogP contribution in [0.5, 0.6) is 0 Å². The number of rotatable bonds is 3. The van der Waals surface area contributed by atoms with Crippen molar-refractivity contribution in [3.8, 4) is 0 Å². The third-order valence-corrected chi connectivity index (χ3v) is 2.38. The van der Waals surface area contributed by atoms with Crippen LogP contribution in [-0.2, 0) is 6.42 Å². The molecule has 0 bridgehead atoms. The number of nitrogens with zero attached hydrogens (tertiary/aromatic N) is 2. The van der Waals surface area contributed by atoms with Crippen LogP contribution in [0, 0.1) is 0 Å². The highest BCUT2D eigenvalue weighted by Gasteiger charge is 2.03. The van der Waals surface area contributed by atoms with Gasteiger partial charge < -0.3 is 5.73 Å². The Kier molecular flexibility index (Phi) is 2.50. The van der Waals surface area contributed by atoms with Gasteiger partial charge in [0.2, 0.25) is 0 Å². The maximum Gasteiger partial charge on any atom is 0.0693 e. The molecule has 2 heterocycles. The van der Waals surface area contributed by atoms with E-state index in [9.17, 15) is 0 Å². The molecular formula is C11H15N3. The molecule has 0 saturated heterocycles. The third-order valence-electron chi connectivity index (χ3n) is 2.38. The van der Waals surface area contributed by atoms with Gasteiger partial charge in [-0.05, 0) is 37.5 Å². The average Bonchev–Trinajstić information content (AvgIpc) is 2.58. The maximum absolute atomic E-state index is 5.73. The van der Waals surface area contributed by atoms with Gasteiger partial charge in [0.05, 0.1) is 11.7 Å². The monoisotopic (exact) mass is 189 g/mol. The van der Waals surface area contributed by atoms with Crippen LogP contribution in [0.1, 0.15) is 18.9 Å². The van der Waals surface area contributed by atoms with Gasteiger partial charge in [-0.15, -0.1) is 0 Å². The van der Waals surface area contributed by atoms with Crippen molar-refractivity contribution in [1.82, 2.24) is 9.61 Å². The first kappa shape index (κ1) is 9.21. The zero-order valence-electron chi connectivity index (χ0n) is 8.35. The van der Waals surface area contributed by atoms with Crippen molar-refractivity contribution in [2.75, 3.05) is 0 Å². The minimum Gasteiger partial charge on any atom is -0.328 e. The summed E-state index contributed by atoms with van der Waals surface area (Å²) in [5.74, 6) is 0. The highest BCUT2D eigenvalue weighted by Crippen LogP contribution is 2.12. The Morgan fingerprint density at radius 1 is 1.50 bits per heavy atom. The molecule has 0 saturated carbocycles. The Bertz CT molecular complexity index is 417. The summed E-state index contributed by atoms with van der Waals surface area (Å²) < 4.78 is 1.90. The third kappa shape index (κ3) is 1.77. The Morgan fingerprint density at radius 2 is 2.36 bits per heavy atom. The standard InChI is InChI=1S/C11H15N3/c1-9(12)5-6-10-8-13-14-7-3-2-4-11(10)14/h2-4,7-9H,5-6,12H2,1H3. The molecule has 0 spiro atoms.